The number of rotatable bonds is 6. The summed E-state index contributed by atoms with van der Waals surface area (Å²) in [5.41, 5.74) is 0. The Bertz CT molecular complexity index is 419. The number of amides is 1. The monoisotopic (exact) mass is 276 g/mol. The molecule has 1 aliphatic heterocycles. The fourth-order valence-corrected chi connectivity index (χ4v) is 3.55. The third-order valence-corrected chi connectivity index (χ3v) is 5.69. The Balaban J connectivity index is 1.88. The minimum Gasteiger partial charge on any atom is -0.448 e. The highest BCUT2D eigenvalue weighted by atomic mass is 32.2. The summed E-state index contributed by atoms with van der Waals surface area (Å²) in [6.07, 6.45) is 1.81. The van der Waals surface area contributed by atoms with Gasteiger partial charge in [-0.3, -0.25) is 0 Å². The van der Waals surface area contributed by atoms with Gasteiger partial charge in [0.05, 0.1) is 12.3 Å². The Kier molecular flexibility index (Phi) is 3.82. The lowest BCUT2D eigenvalue weighted by atomic mass is 10.2. The van der Waals surface area contributed by atoms with Crippen molar-refractivity contribution in [3.63, 3.8) is 0 Å². The van der Waals surface area contributed by atoms with E-state index in [0.29, 0.717) is 19.1 Å². The van der Waals surface area contributed by atoms with Crippen LogP contribution in [-0.2, 0) is 14.8 Å². The third kappa shape index (κ3) is 2.95. The molecule has 0 spiro atoms. The van der Waals surface area contributed by atoms with Gasteiger partial charge >= 0.3 is 6.09 Å². The largest absolute Gasteiger partial charge is 0.448 e. The van der Waals surface area contributed by atoms with E-state index in [2.05, 4.69) is 0 Å². The van der Waals surface area contributed by atoms with Crippen molar-refractivity contribution in [3.8, 4) is 0 Å². The number of carbonyl (C=O) groups is 1. The number of cyclic esters (lactones) is 1. The van der Waals surface area contributed by atoms with Gasteiger partial charge < -0.3 is 9.64 Å². The molecule has 2 fully saturated rings. The number of hydrogen-bond donors (Lipinski definition) is 0. The van der Waals surface area contributed by atoms with E-state index in [1.54, 1.807) is 7.05 Å². The van der Waals surface area contributed by atoms with Crippen LogP contribution in [0.1, 0.15) is 19.8 Å². The van der Waals surface area contributed by atoms with Crippen molar-refractivity contribution in [3.05, 3.63) is 0 Å². The quantitative estimate of drug-likeness (QED) is 0.708. The van der Waals surface area contributed by atoms with E-state index in [4.69, 9.17) is 4.74 Å². The van der Waals surface area contributed by atoms with Crippen LogP contribution < -0.4 is 0 Å². The second-order valence-corrected chi connectivity index (χ2v) is 7.16. The average molecular weight is 276 g/mol. The summed E-state index contributed by atoms with van der Waals surface area (Å²) < 4.78 is 30.4. The van der Waals surface area contributed by atoms with Crippen LogP contribution in [-0.4, -0.2) is 62.3 Å². The Hall–Kier alpha value is -0.820. The Morgan fingerprint density at radius 2 is 2.17 bits per heavy atom. The van der Waals surface area contributed by atoms with Crippen LogP contribution in [0.3, 0.4) is 0 Å². The first-order valence-corrected chi connectivity index (χ1v) is 7.90. The highest BCUT2D eigenvalue weighted by molar-refractivity contribution is 7.89. The summed E-state index contributed by atoms with van der Waals surface area (Å²) >= 11 is 0. The van der Waals surface area contributed by atoms with Crippen LogP contribution >= 0.6 is 0 Å². The van der Waals surface area contributed by atoms with E-state index < -0.39 is 16.1 Å². The predicted molar refractivity (Wildman–Crippen MR) is 66.7 cm³/mol. The van der Waals surface area contributed by atoms with Gasteiger partial charge in [0.1, 0.15) is 6.61 Å². The fraction of sp³-hybridized carbons (Fsp3) is 0.909. The molecule has 18 heavy (non-hydrogen) atoms. The molecule has 104 valence electrons. The molecule has 0 unspecified atom stereocenters. The van der Waals surface area contributed by atoms with Crippen LogP contribution in [0.5, 0.6) is 0 Å². The van der Waals surface area contributed by atoms with Crippen LogP contribution in [0.2, 0.25) is 0 Å². The molecular weight excluding hydrogens is 256 g/mol. The lowest BCUT2D eigenvalue weighted by molar-refractivity contribution is 0.159. The fourth-order valence-electron chi connectivity index (χ4n) is 2.13. The lowest BCUT2D eigenvalue weighted by Crippen LogP contribution is -2.41. The summed E-state index contributed by atoms with van der Waals surface area (Å²) in [4.78, 5) is 12.6. The molecular formula is C11H20N2O4S. The second-order valence-electron chi connectivity index (χ2n) is 5.01. The van der Waals surface area contributed by atoms with Gasteiger partial charge in [-0.2, -0.15) is 0 Å². The van der Waals surface area contributed by atoms with E-state index in [0.717, 1.165) is 12.8 Å². The summed E-state index contributed by atoms with van der Waals surface area (Å²) in [6.45, 7) is 2.99. The molecule has 1 saturated heterocycles. The van der Waals surface area contributed by atoms with Crippen LogP contribution in [0.25, 0.3) is 0 Å². The van der Waals surface area contributed by atoms with Gasteiger partial charge in [-0.05, 0) is 25.7 Å². The van der Waals surface area contributed by atoms with Crippen molar-refractivity contribution in [2.45, 2.75) is 25.8 Å². The predicted octanol–water partition coefficient (Wildman–Crippen LogP) is 0.499. The van der Waals surface area contributed by atoms with E-state index in [-0.39, 0.29) is 18.3 Å². The van der Waals surface area contributed by atoms with E-state index >= 15 is 0 Å². The zero-order chi connectivity index (χ0) is 13.3. The number of sulfonamides is 1. The molecule has 0 aromatic rings. The molecule has 1 atom stereocenters. The molecule has 2 aliphatic rings. The molecule has 0 bridgehead atoms. The normalized spacial score (nSPS) is 22.4. The van der Waals surface area contributed by atoms with Gasteiger partial charge in [0, 0.05) is 19.6 Å². The minimum absolute atomic E-state index is 0.0321. The highest BCUT2D eigenvalue weighted by Crippen LogP contribution is 2.35. The zero-order valence-electron chi connectivity index (χ0n) is 10.8. The van der Waals surface area contributed by atoms with Gasteiger partial charge in [-0.15, -0.1) is 0 Å². The Morgan fingerprint density at radius 3 is 2.67 bits per heavy atom. The summed E-state index contributed by atoms with van der Waals surface area (Å²) in [6, 6.07) is 0.0560. The number of hydrogen-bond acceptors (Lipinski definition) is 4. The molecule has 1 aliphatic carbocycles. The molecule has 1 saturated carbocycles. The molecule has 2 rings (SSSR count). The van der Waals surface area contributed by atoms with E-state index in [1.807, 2.05) is 6.92 Å². The van der Waals surface area contributed by atoms with Gasteiger partial charge in [-0.25, -0.2) is 17.5 Å². The first-order valence-electron chi connectivity index (χ1n) is 6.29. The number of carbonyl (C=O) groups excluding carboxylic acids is 1. The summed E-state index contributed by atoms with van der Waals surface area (Å²) in [7, 11) is -1.67. The molecule has 1 amide bonds. The lowest BCUT2D eigenvalue weighted by Gasteiger charge is -2.25. The first kappa shape index (κ1) is 13.6. The van der Waals surface area contributed by atoms with Gasteiger partial charge in [0.15, 0.2) is 0 Å². The van der Waals surface area contributed by atoms with Gasteiger partial charge in [0.2, 0.25) is 10.0 Å². The van der Waals surface area contributed by atoms with Gasteiger partial charge in [0.25, 0.3) is 0 Å². The van der Waals surface area contributed by atoms with Crippen molar-refractivity contribution in [1.82, 2.24) is 9.21 Å². The Morgan fingerprint density at radius 1 is 1.50 bits per heavy atom. The van der Waals surface area contributed by atoms with E-state index in [9.17, 15) is 13.2 Å². The Labute approximate surface area is 108 Å². The molecule has 0 aromatic carbocycles. The smallest absolute Gasteiger partial charge is 0.409 e. The standard InChI is InChI=1S/C11H20N2O4S/c1-9(10-3-4-10)12(2)18(15,16)8-6-13-5-7-17-11(13)14/h9-10H,3-8H2,1-2H3/t9-/m0/s1. The van der Waals surface area contributed by atoms with Crippen LogP contribution in [0.4, 0.5) is 4.79 Å². The zero-order valence-corrected chi connectivity index (χ0v) is 11.6. The second kappa shape index (κ2) is 5.05. The first-order chi connectivity index (χ1) is 8.42. The summed E-state index contributed by atoms with van der Waals surface area (Å²) in [5, 5.41) is 0. The van der Waals surface area contributed by atoms with E-state index in [1.165, 1.54) is 9.21 Å². The maximum atomic E-state index is 12.1. The van der Waals surface area contributed by atoms with Crippen LogP contribution in [0, 0.1) is 5.92 Å². The minimum atomic E-state index is -3.29. The maximum Gasteiger partial charge on any atom is 0.409 e. The highest BCUT2D eigenvalue weighted by Gasteiger charge is 2.35. The number of ether oxygens (including phenoxy) is 1. The molecule has 7 heteroatoms. The average Bonchev–Trinajstić information content (AvgIpc) is 3.09. The molecule has 1 heterocycles. The molecule has 0 N–H and O–H groups in total. The van der Waals surface area contributed by atoms with Crippen molar-refractivity contribution >= 4 is 16.1 Å². The summed E-state index contributed by atoms with van der Waals surface area (Å²) in [5.74, 6) is 0.469. The molecule has 0 radical (unpaired) electrons. The molecule has 0 aromatic heterocycles. The maximum absolute atomic E-state index is 12.1. The van der Waals surface area contributed by atoms with Crippen molar-refractivity contribution < 1.29 is 17.9 Å². The van der Waals surface area contributed by atoms with Crippen molar-refractivity contribution in [2.24, 2.45) is 5.92 Å². The SMILES string of the molecule is C[C@@H](C1CC1)N(C)S(=O)(=O)CCN1CCOC1=O. The van der Waals surface area contributed by atoms with Crippen molar-refractivity contribution in [1.29, 1.82) is 0 Å². The number of nitrogens with zero attached hydrogens (tertiary/aromatic N) is 2. The topological polar surface area (TPSA) is 66.9 Å². The van der Waals surface area contributed by atoms with Gasteiger partial charge in [-0.1, -0.05) is 0 Å². The van der Waals surface area contributed by atoms with Crippen molar-refractivity contribution in [2.75, 3.05) is 32.5 Å². The van der Waals surface area contributed by atoms with Crippen LogP contribution in [0.15, 0.2) is 0 Å². The third-order valence-electron chi connectivity index (χ3n) is 3.78. The molecule has 6 nitrogen and oxygen atoms in total.